The molecule has 136 valence electrons. The fraction of sp³-hybridized carbons (Fsp3) is 0.688. The van der Waals surface area contributed by atoms with Gasteiger partial charge in [0.15, 0.2) is 0 Å². The first kappa shape index (κ1) is 20.0. The normalized spacial score (nSPS) is 16.6. The van der Waals surface area contributed by atoms with Gasteiger partial charge in [-0.25, -0.2) is 9.59 Å². The lowest BCUT2D eigenvalue weighted by molar-refractivity contribution is -0.139. The molecule has 2 N–H and O–H groups in total. The molecule has 8 nitrogen and oxygen atoms in total. The topological polar surface area (TPSA) is 105 Å². The highest BCUT2D eigenvalue weighted by molar-refractivity contribution is 5.87. The second-order valence-corrected chi connectivity index (χ2v) is 5.90. The molecule has 0 bridgehead atoms. The van der Waals surface area contributed by atoms with E-state index in [-0.39, 0.29) is 24.9 Å². The quantitative estimate of drug-likeness (QED) is 0.638. The van der Waals surface area contributed by atoms with Gasteiger partial charge in [-0.15, -0.1) is 0 Å². The van der Waals surface area contributed by atoms with Gasteiger partial charge in [-0.2, -0.15) is 0 Å². The Hall–Kier alpha value is -2.09. The summed E-state index contributed by atoms with van der Waals surface area (Å²) in [6, 6.07) is -1.05. The van der Waals surface area contributed by atoms with Gasteiger partial charge in [-0.05, 0) is 37.7 Å². The Kier molecular flexibility index (Phi) is 8.85. The van der Waals surface area contributed by atoms with Crippen LogP contribution >= 0.6 is 0 Å². The maximum Gasteiger partial charge on any atom is 0.407 e. The van der Waals surface area contributed by atoms with Crippen LogP contribution in [0.4, 0.5) is 4.79 Å². The van der Waals surface area contributed by atoms with E-state index in [1.165, 1.54) is 11.0 Å². The third kappa shape index (κ3) is 7.96. The number of aliphatic carboxylic acids is 1. The van der Waals surface area contributed by atoms with Gasteiger partial charge in [0.2, 0.25) is 5.91 Å². The van der Waals surface area contributed by atoms with Crippen molar-refractivity contribution in [2.24, 2.45) is 5.92 Å². The predicted molar refractivity (Wildman–Crippen MR) is 86.5 cm³/mol. The number of hydrogen-bond acceptors (Lipinski definition) is 5. The van der Waals surface area contributed by atoms with E-state index in [2.05, 4.69) is 5.32 Å². The van der Waals surface area contributed by atoms with E-state index < -0.39 is 18.1 Å². The van der Waals surface area contributed by atoms with Crippen LogP contribution in [0.3, 0.4) is 0 Å². The SMILES string of the molecule is CN(C)C(=O)/C=C/CC[C@H](NC(=O)OCC1CCOCC1)C(=O)O. The highest BCUT2D eigenvalue weighted by Gasteiger charge is 2.21. The average Bonchev–Trinajstić information content (AvgIpc) is 2.56. The number of rotatable bonds is 8. The zero-order valence-electron chi connectivity index (χ0n) is 14.2. The smallest absolute Gasteiger partial charge is 0.407 e. The number of ether oxygens (including phenoxy) is 2. The molecule has 0 aromatic carbocycles. The monoisotopic (exact) mass is 342 g/mol. The largest absolute Gasteiger partial charge is 0.480 e. The van der Waals surface area contributed by atoms with E-state index in [0.29, 0.717) is 19.6 Å². The molecule has 0 aromatic heterocycles. The molecule has 0 radical (unpaired) electrons. The van der Waals surface area contributed by atoms with E-state index in [4.69, 9.17) is 14.6 Å². The van der Waals surface area contributed by atoms with Gasteiger partial charge < -0.3 is 24.8 Å². The van der Waals surface area contributed by atoms with Crippen LogP contribution in [0.1, 0.15) is 25.7 Å². The van der Waals surface area contributed by atoms with Crippen molar-refractivity contribution >= 4 is 18.0 Å². The molecule has 1 heterocycles. The summed E-state index contributed by atoms with van der Waals surface area (Å²) in [5.74, 6) is -1.05. The summed E-state index contributed by atoms with van der Waals surface area (Å²) < 4.78 is 10.3. The Morgan fingerprint density at radius 3 is 2.58 bits per heavy atom. The van der Waals surface area contributed by atoms with Crippen LogP contribution in [-0.4, -0.2) is 67.9 Å². The van der Waals surface area contributed by atoms with Crippen LogP contribution in [0.25, 0.3) is 0 Å². The van der Waals surface area contributed by atoms with Crippen molar-refractivity contribution in [3.63, 3.8) is 0 Å². The number of carboxylic acid groups (broad SMARTS) is 1. The number of nitrogens with one attached hydrogen (secondary N) is 1. The van der Waals surface area contributed by atoms with Gasteiger partial charge in [0.1, 0.15) is 6.04 Å². The zero-order chi connectivity index (χ0) is 17.9. The third-order valence-electron chi connectivity index (χ3n) is 3.70. The van der Waals surface area contributed by atoms with Crippen molar-refractivity contribution in [3.05, 3.63) is 12.2 Å². The molecule has 1 fully saturated rings. The van der Waals surface area contributed by atoms with Crippen molar-refractivity contribution in [2.45, 2.75) is 31.7 Å². The first-order valence-corrected chi connectivity index (χ1v) is 8.01. The number of hydrogen-bond donors (Lipinski definition) is 2. The van der Waals surface area contributed by atoms with Crippen molar-refractivity contribution in [1.82, 2.24) is 10.2 Å². The van der Waals surface area contributed by atoms with Crippen LogP contribution in [-0.2, 0) is 19.1 Å². The molecule has 2 amide bonds. The molecule has 8 heteroatoms. The minimum Gasteiger partial charge on any atom is -0.480 e. The molecule has 24 heavy (non-hydrogen) atoms. The first-order valence-electron chi connectivity index (χ1n) is 8.01. The second kappa shape index (κ2) is 10.6. The average molecular weight is 342 g/mol. The zero-order valence-corrected chi connectivity index (χ0v) is 14.2. The van der Waals surface area contributed by atoms with Gasteiger partial charge in [0.05, 0.1) is 6.61 Å². The fourth-order valence-electron chi connectivity index (χ4n) is 2.14. The van der Waals surface area contributed by atoms with E-state index in [9.17, 15) is 14.4 Å². The van der Waals surface area contributed by atoms with E-state index in [0.717, 1.165) is 12.8 Å². The molecule has 1 rings (SSSR count). The number of nitrogens with zero attached hydrogens (tertiary/aromatic N) is 1. The van der Waals surface area contributed by atoms with Crippen LogP contribution in [0.5, 0.6) is 0 Å². The lowest BCUT2D eigenvalue weighted by Crippen LogP contribution is -2.41. The Morgan fingerprint density at radius 2 is 2.00 bits per heavy atom. The van der Waals surface area contributed by atoms with Gasteiger partial charge in [0.25, 0.3) is 0 Å². The van der Waals surface area contributed by atoms with Gasteiger partial charge in [0, 0.05) is 27.3 Å². The summed E-state index contributed by atoms with van der Waals surface area (Å²) in [5, 5.41) is 11.5. The van der Waals surface area contributed by atoms with E-state index in [1.54, 1.807) is 20.2 Å². The minimum absolute atomic E-state index is 0.175. The molecular weight excluding hydrogens is 316 g/mol. The minimum atomic E-state index is -1.13. The number of amides is 2. The lowest BCUT2D eigenvalue weighted by Gasteiger charge is -2.22. The summed E-state index contributed by atoms with van der Waals surface area (Å²) in [5.41, 5.74) is 0. The Bertz CT molecular complexity index is 457. The summed E-state index contributed by atoms with van der Waals surface area (Å²) >= 11 is 0. The first-order chi connectivity index (χ1) is 11.4. The van der Waals surface area contributed by atoms with Crippen LogP contribution < -0.4 is 5.32 Å². The van der Waals surface area contributed by atoms with Crippen LogP contribution in [0.2, 0.25) is 0 Å². The van der Waals surface area contributed by atoms with Crippen LogP contribution in [0.15, 0.2) is 12.2 Å². The molecule has 1 saturated heterocycles. The van der Waals surface area contributed by atoms with E-state index >= 15 is 0 Å². The highest BCUT2D eigenvalue weighted by atomic mass is 16.5. The van der Waals surface area contributed by atoms with Crippen molar-refractivity contribution in [2.75, 3.05) is 33.9 Å². The number of carboxylic acids is 1. The molecule has 0 aromatic rings. The number of allylic oxidation sites excluding steroid dienone is 1. The molecule has 1 aliphatic rings. The Balaban J connectivity index is 2.32. The fourth-order valence-corrected chi connectivity index (χ4v) is 2.14. The van der Waals surface area contributed by atoms with Crippen molar-refractivity contribution in [3.8, 4) is 0 Å². The molecule has 0 aliphatic carbocycles. The van der Waals surface area contributed by atoms with Gasteiger partial charge in [-0.1, -0.05) is 6.08 Å². The maximum atomic E-state index is 11.7. The summed E-state index contributed by atoms with van der Waals surface area (Å²) in [7, 11) is 3.26. The number of carbonyl (C=O) groups excluding carboxylic acids is 2. The number of carbonyl (C=O) groups is 3. The molecule has 0 unspecified atom stereocenters. The molecule has 1 aliphatic heterocycles. The van der Waals surface area contributed by atoms with Crippen LogP contribution in [0, 0.1) is 5.92 Å². The van der Waals surface area contributed by atoms with Crippen molar-refractivity contribution in [1.29, 1.82) is 0 Å². The summed E-state index contributed by atoms with van der Waals surface area (Å²) in [6.07, 6.45) is 4.44. The number of alkyl carbamates (subject to hydrolysis) is 1. The van der Waals surface area contributed by atoms with Crippen molar-refractivity contribution < 1.29 is 29.0 Å². The summed E-state index contributed by atoms with van der Waals surface area (Å²) in [4.78, 5) is 35.7. The molecular formula is C16H26N2O6. The highest BCUT2D eigenvalue weighted by Crippen LogP contribution is 2.14. The third-order valence-corrected chi connectivity index (χ3v) is 3.70. The maximum absolute atomic E-state index is 11.7. The molecule has 0 saturated carbocycles. The second-order valence-electron chi connectivity index (χ2n) is 5.90. The van der Waals surface area contributed by atoms with Gasteiger partial charge >= 0.3 is 12.1 Å². The van der Waals surface area contributed by atoms with Gasteiger partial charge in [-0.3, -0.25) is 4.79 Å². The lowest BCUT2D eigenvalue weighted by atomic mass is 10.0. The Labute approximate surface area is 141 Å². The molecule has 1 atom stereocenters. The Morgan fingerprint density at radius 1 is 1.33 bits per heavy atom. The predicted octanol–water partition coefficient (Wildman–Crippen LogP) is 1.02. The summed E-state index contributed by atoms with van der Waals surface area (Å²) in [6.45, 7) is 1.58. The molecule has 0 spiro atoms. The standard InChI is InChI=1S/C16H26N2O6/c1-18(2)14(19)6-4-3-5-13(15(20)21)17-16(22)24-11-12-7-9-23-10-8-12/h4,6,12-13H,3,5,7-11H2,1-2H3,(H,17,22)(H,20,21)/b6-4+/t13-/m0/s1. The number of likely N-dealkylation sites (N-methyl/N-ethyl adjacent to an activating group) is 1. The van der Waals surface area contributed by atoms with E-state index in [1.807, 2.05) is 0 Å².